The zero-order valence-corrected chi connectivity index (χ0v) is 19.0. The Kier molecular flexibility index (Phi) is 6.83. The first-order chi connectivity index (χ1) is 14.2. The second kappa shape index (κ2) is 9.18. The van der Waals surface area contributed by atoms with Gasteiger partial charge in [-0.25, -0.2) is 8.42 Å². The van der Waals surface area contributed by atoms with Crippen LogP contribution in [0.5, 0.6) is 0 Å². The minimum atomic E-state index is -3.55. The van der Waals surface area contributed by atoms with Crippen molar-refractivity contribution in [3.8, 4) is 0 Å². The molecule has 2 aromatic carbocycles. The van der Waals surface area contributed by atoms with E-state index < -0.39 is 10.0 Å². The standard InChI is InChI=1S/C23H31N3O3S/c1-5-18(2)19-9-11-22(12-10-19)30(28,29)26-15-13-25(14-16-26)23(27)20-7-6-8-21(17-20)24(3)4/h6-12,17-18H,5,13-16H2,1-4H3/t18-/m1/s1. The summed E-state index contributed by atoms with van der Waals surface area (Å²) >= 11 is 0. The number of carbonyl (C=O) groups excluding carboxylic acids is 1. The Morgan fingerprint density at radius 3 is 2.23 bits per heavy atom. The van der Waals surface area contributed by atoms with Crippen LogP contribution in [-0.4, -0.2) is 63.8 Å². The smallest absolute Gasteiger partial charge is 0.254 e. The van der Waals surface area contributed by atoms with Crippen LogP contribution in [0.2, 0.25) is 0 Å². The summed E-state index contributed by atoms with van der Waals surface area (Å²) in [5, 5.41) is 0. The average molecular weight is 430 g/mol. The van der Waals surface area contributed by atoms with Gasteiger partial charge in [-0.15, -0.1) is 0 Å². The van der Waals surface area contributed by atoms with Gasteiger partial charge in [0, 0.05) is 51.5 Å². The lowest BCUT2D eigenvalue weighted by atomic mass is 9.99. The molecule has 0 spiro atoms. The first kappa shape index (κ1) is 22.3. The first-order valence-electron chi connectivity index (χ1n) is 10.4. The van der Waals surface area contributed by atoms with E-state index in [1.54, 1.807) is 23.1 Å². The van der Waals surface area contributed by atoms with Crippen LogP contribution in [0.1, 0.15) is 42.1 Å². The van der Waals surface area contributed by atoms with Gasteiger partial charge in [-0.05, 0) is 48.2 Å². The summed E-state index contributed by atoms with van der Waals surface area (Å²) in [4.78, 5) is 16.9. The molecular formula is C23H31N3O3S. The van der Waals surface area contributed by atoms with Gasteiger partial charge in [-0.1, -0.05) is 32.0 Å². The number of amides is 1. The highest BCUT2D eigenvalue weighted by Crippen LogP contribution is 2.23. The average Bonchev–Trinajstić information content (AvgIpc) is 2.78. The van der Waals surface area contributed by atoms with Crippen molar-refractivity contribution in [3.05, 3.63) is 59.7 Å². The largest absolute Gasteiger partial charge is 0.378 e. The van der Waals surface area contributed by atoms with E-state index in [1.807, 2.05) is 49.3 Å². The Labute approximate surface area is 180 Å². The second-order valence-corrected chi connectivity index (χ2v) is 9.96. The van der Waals surface area contributed by atoms with Crippen molar-refractivity contribution in [1.29, 1.82) is 0 Å². The SMILES string of the molecule is CC[C@@H](C)c1ccc(S(=O)(=O)N2CCN(C(=O)c3cccc(N(C)C)c3)CC2)cc1. The molecule has 1 fully saturated rings. The fourth-order valence-corrected chi connectivity index (χ4v) is 5.01. The van der Waals surface area contributed by atoms with E-state index in [0.717, 1.165) is 17.7 Å². The Balaban J connectivity index is 1.67. The monoisotopic (exact) mass is 429 g/mol. The second-order valence-electron chi connectivity index (χ2n) is 8.02. The van der Waals surface area contributed by atoms with Crippen molar-refractivity contribution in [2.24, 2.45) is 0 Å². The summed E-state index contributed by atoms with van der Waals surface area (Å²) in [6.45, 7) is 5.62. The number of benzene rings is 2. The number of nitrogens with zero attached hydrogens (tertiary/aromatic N) is 3. The van der Waals surface area contributed by atoms with Gasteiger partial charge in [0.2, 0.25) is 10.0 Å². The van der Waals surface area contributed by atoms with E-state index in [1.165, 1.54) is 4.31 Å². The van der Waals surface area contributed by atoms with Crippen LogP contribution in [0.15, 0.2) is 53.4 Å². The number of hydrogen-bond acceptors (Lipinski definition) is 4. The Morgan fingerprint density at radius 2 is 1.67 bits per heavy atom. The maximum Gasteiger partial charge on any atom is 0.254 e. The predicted molar refractivity (Wildman–Crippen MR) is 121 cm³/mol. The van der Waals surface area contributed by atoms with Crippen LogP contribution in [0.3, 0.4) is 0 Å². The third kappa shape index (κ3) is 4.68. The van der Waals surface area contributed by atoms with Gasteiger partial charge in [0.05, 0.1) is 4.90 Å². The Bertz CT molecular complexity index is 979. The molecular weight excluding hydrogens is 398 g/mol. The van der Waals surface area contributed by atoms with E-state index in [0.29, 0.717) is 42.6 Å². The van der Waals surface area contributed by atoms with Crippen molar-refractivity contribution in [1.82, 2.24) is 9.21 Å². The normalized spacial score (nSPS) is 16.3. The molecule has 3 rings (SSSR count). The molecule has 6 nitrogen and oxygen atoms in total. The molecule has 0 bridgehead atoms. The summed E-state index contributed by atoms with van der Waals surface area (Å²) in [6, 6.07) is 14.7. The number of sulfonamides is 1. The van der Waals surface area contributed by atoms with Gasteiger partial charge in [-0.3, -0.25) is 4.79 Å². The maximum atomic E-state index is 13.0. The number of piperazine rings is 1. The first-order valence-corrected chi connectivity index (χ1v) is 11.8. The molecule has 1 aliphatic rings. The highest BCUT2D eigenvalue weighted by atomic mass is 32.2. The molecule has 1 atom stereocenters. The third-order valence-electron chi connectivity index (χ3n) is 5.83. The zero-order valence-electron chi connectivity index (χ0n) is 18.2. The fraction of sp³-hybridized carbons (Fsp3) is 0.435. The van der Waals surface area contributed by atoms with Crippen molar-refractivity contribution in [3.63, 3.8) is 0 Å². The van der Waals surface area contributed by atoms with Crippen molar-refractivity contribution < 1.29 is 13.2 Å². The minimum absolute atomic E-state index is 0.0614. The van der Waals surface area contributed by atoms with Crippen molar-refractivity contribution in [2.45, 2.75) is 31.1 Å². The lowest BCUT2D eigenvalue weighted by Gasteiger charge is -2.34. The summed E-state index contributed by atoms with van der Waals surface area (Å²) in [5.74, 6) is 0.343. The van der Waals surface area contributed by atoms with Crippen LogP contribution in [-0.2, 0) is 10.0 Å². The summed E-state index contributed by atoms with van der Waals surface area (Å²) in [5.41, 5.74) is 2.73. The van der Waals surface area contributed by atoms with Crippen molar-refractivity contribution >= 4 is 21.6 Å². The van der Waals surface area contributed by atoms with Gasteiger partial charge in [0.15, 0.2) is 0 Å². The highest BCUT2D eigenvalue weighted by Gasteiger charge is 2.30. The molecule has 30 heavy (non-hydrogen) atoms. The van der Waals surface area contributed by atoms with Gasteiger partial charge < -0.3 is 9.80 Å². The minimum Gasteiger partial charge on any atom is -0.378 e. The van der Waals surface area contributed by atoms with Crippen LogP contribution in [0.25, 0.3) is 0 Å². The number of rotatable bonds is 6. The molecule has 0 saturated carbocycles. The maximum absolute atomic E-state index is 13.0. The molecule has 0 N–H and O–H groups in total. The Morgan fingerprint density at radius 1 is 1.03 bits per heavy atom. The van der Waals surface area contributed by atoms with E-state index in [-0.39, 0.29) is 5.91 Å². The molecule has 1 saturated heterocycles. The predicted octanol–water partition coefficient (Wildman–Crippen LogP) is 3.41. The number of hydrogen-bond donors (Lipinski definition) is 0. The number of carbonyl (C=O) groups is 1. The summed E-state index contributed by atoms with van der Waals surface area (Å²) in [6.07, 6.45) is 1.01. The summed E-state index contributed by atoms with van der Waals surface area (Å²) < 4.78 is 27.5. The molecule has 0 unspecified atom stereocenters. The van der Waals surface area contributed by atoms with Crippen molar-refractivity contribution in [2.75, 3.05) is 45.2 Å². The van der Waals surface area contributed by atoms with Gasteiger partial charge >= 0.3 is 0 Å². The van der Waals surface area contributed by atoms with Gasteiger partial charge in [0.1, 0.15) is 0 Å². The van der Waals surface area contributed by atoms with E-state index >= 15 is 0 Å². The molecule has 2 aromatic rings. The molecule has 0 radical (unpaired) electrons. The zero-order chi connectivity index (χ0) is 21.9. The van der Waals surface area contributed by atoms with Crippen LogP contribution < -0.4 is 4.90 Å². The molecule has 7 heteroatoms. The quantitative estimate of drug-likeness (QED) is 0.706. The van der Waals surface area contributed by atoms with Crippen LogP contribution in [0, 0.1) is 0 Å². The fourth-order valence-electron chi connectivity index (χ4n) is 3.58. The molecule has 1 amide bonds. The molecule has 0 aromatic heterocycles. The molecule has 1 aliphatic heterocycles. The summed E-state index contributed by atoms with van der Waals surface area (Å²) in [7, 11) is 0.312. The van der Waals surface area contributed by atoms with Gasteiger partial charge in [-0.2, -0.15) is 4.31 Å². The topological polar surface area (TPSA) is 60.9 Å². The molecule has 1 heterocycles. The Hall–Kier alpha value is -2.38. The van der Waals surface area contributed by atoms with E-state index in [2.05, 4.69) is 13.8 Å². The lowest BCUT2D eigenvalue weighted by molar-refractivity contribution is 0.0698. The third-order valence-corrected chi connectivity index (χ3v) is 7.75. The van der Waals surface area contributed by atoms with Crippen LogP contribution in [0.4, 0.5) is 5.69 Å². The molecule has 162 valence electrons. The molecule has 0 aliphatic carbocycles. The van der Waals surface area contributed by atoms with E-state index in [4.69, 9.17) is 0 Å². The van der Waals surface area contributed by atoms with E-state index in [9.17, 15) is 13.2 Å². The number of anilines is 1. The highest BCUT2D eigenvalue weighted by molar-refractivity contribution is 7.89. The van der Waals surface area contributed by atoms with Gasteiger partial charge in [0.25, 0.3) is 5.91 Å². The van der Waals surface area contributed by atoms with Crippen LogP contribution >= 0.6 is 0 Å². The lowest BCUT2D eigenvalue weighted by Crippen LogP contribution is -2.50.